The maximum Gasteiger partial charge on any atom is 0.320 e. The van der Waals surface area contributed by atoms with Crippen LogP contribution in [0.3, 0.4) is 0 Å². The summed E-state index contributed by atoms with van der Waals surface area (Å²) in [6.45, 7) is 11.4. The molecule has 5 rings (SSSR count). The summed E-state index contributed by atoms with van der Waals surface area (Å²) in [7, 11) is 0. The molecule has 3 fully saturated rings. The molecule has 2 saturated heterocycles. The van der Waals surface area contributed by atoms with Crippen LogP contribution in [0.5, 0.6) is 5.75 Å². The van der Waals surface area contributed by atoms with Crippen molar-refractivity contribution in [1.82, 2.24) is 14.7 Å². The van der Waals surface area contributed by atoms with Crippen LogP contribution in [0.25, 0.3) is 0 Å². The molecule has 1 aromatic carbocycles. The molecule has 3 heterocycles. The maximum atomic E-state index is 12.6. The van der Waals surface area contributed by atoms with E-state index in [4.69, 9.17) is 4.74 Å². The standard InChI is InChI=1S/C26H40N4O2/c1-3-27(4-2)25(31)30-18-16-29(17-19-30)23-8-9-24-21(20-23)10-11-26(32-24)12-14-28(15-13-26)22-6-5-7-22/h8-9,20,22H,3-7,10-19H2,1-2H3. The van der Waals surface area contributed by atoms with E-state index in [0.29, 0.717) is 0 Å². The van der Waals surface area contributed by atoms with E-state index in [0.717, 1.165) is 63.9 Å². The number of hydrogen-bond acceptors (Lipinski definition) is 4. The number of piperazine rings is 1. The summed E-state index contributed by atoms with van der Waals surface area (Å²) in [6, 6.07) is 7.81. The first-order valence-corrected chi connectivity index (χ1v) is 13.0. The largest absolute Gasteiger partial charge is 0.487 e. The molecule has 0 aromatic heterocycles. The number of urea groups is 1. The number of amides is 2. The number of ether oxygens (including phenoxy) is 1. The quantitative estimate of drug-likeness (QED) is 0.710. The van der Waals surface area contributed by atoms with Gasteiger partial charge in [0.15, 0.2) is 0 Å². The Balaban J connectivity index is 1.18. The van der Waals surface area contributed by atoms with E-state index < -0.39 is 0 Å². The van der Waals surface area contributed by atoms with Crippen LogP contribution in [0.4, 0.5) is 10.5 Å². The van der Waals surface area contributed by atoms with Gasteiger partial charge in [-0.1, -0.05) is 6.42 Å². The van der Waals surface area contributed by atoms with Gasteiger partial charge < -0.3 is 24.3 Å². The van der Waals surface area contributed by atoms with Gasteiger partial charge in [-0.25, -0.2) is 4.79 Å². The van der Waals surface area contributed by atoms with Gasteiger partial charge in [-0.05, 0) is 76.1 Å². The van der Waals surface area contributed by atoms with Crippen molar-refractivity contribution in [3.63, 3.8) is 0 Å². The Morgan fingerprint density at radius 1 is 1.03 bits per heavy atom. The molecule has 4 aliphatic rings. The van der Waals surface area contributed by atoms with E-state index in [9.17, 15) is 4.79 Å². The Labute approximate surface area is 193 Å². The molecule has 0 unspecified atom stereocenters. The van der Waals surface area contributed by atoms with E-state index in [2.05, 4.69) is 41.8 Å². The summed E-state index contributed by atoms with van der Waals surface area (Å²) < 4.78 is 6.68. The highest BCUT2D eigenvalue weighted by atomic mass is 16.5. The lowest BCUT2D eigenvalue weighted by atomic mass is 9.81. The van der Waals surface area contributed by atoms with Crippen molar-refractivity contribution < 1.29 is 9.53 Å². The normalized spacial score (nSPS) is 23.4. The number of fused-ring (bicyclic) bond motifs is 1. The Kier molecular flexibility index (Phi) is 6.24. The van der Waals surface area contributed by atoms with Crippen molar-refractivity contribution in [2.24, 2.45) is 0 Å². The van der Waals surface area contributed by atoms with Gasteiger partial charge in [-0.15, -0.1) is 0 Å². The van der Waals surface area contributed by atoms with Gasteiger partial charge in [0.2, 0.25) is 0 Å². The zero-order chi connectivity index (χ0) is 22.1. The lowest BCUT2D eigenvalue weighted by Gasteiger charge is -2.48. The van der Waals surface area contributed by atoms with Crippen molar-refractivity contribution in [2.75, 3.05) is 57.3 Å². The molecule has 0 radical (unpaired) electrons. The molecule has 32 heavy (non-hydrogen) atoms. The zero-order valence-electron chi connectivity index (χ0n) is 20.0. The first-order valence-electron chi connectivity index (χ1n) is 13.0. The average molecular weight is 441 g/mol. The van der Waals surface area contributed by atoms with Crippen LogP contribution in [-0.2, 0) is 6.42 Å². The van der Waals surface area contributed by atoms with Gasteiger partial charge in [0.05, 0.1) is 0 Å². The average Bonchev–Trinajstić information content (AvgIpc) is 2.80. The predicted octanol–water partition coefficient (Wildman–Crippen LogP) is 3.98. The van der Waals surface area contributed by atoms with Gasteiger partial charge in [0, 0.05) is 64.1 Å². The number of hydrogen-bond donors (Lipinski definition) is 0. The minimum absolute atomic E-state index is 0.0607. The highest BCUT2D eigenvalue weighted by Crippen LogP contribution is 2.42. The molecule has 2 amide bonds. The molecule has 1 saturated carbocycles. The molecular weight excluding hydrogens is 400 g/mol. The Morgan fingerprint density at radius 3 is 2.38 bits per heavy atom. The van der Waals surface area contributed by atoms with Gasteiger partial charge in [0.1, 0.15) is 11.4 Å². The molecule has 0 N–H and O–H groups in total. The number of nitrogens with zero attached hydrogens (tertiary/aromatic N) is 4. The first kappa shape index (κ1) is 21.9. The second kappa shape index (κ2) is 9.12. The van der Waals surface area contributed by atoms with Gasteiger partial charge in [0.25, 0.3) is 0 Å². The lowest BCUT2D eigenvalue weighted by Crippen LogP contribution is -2.53. The number of likely N-dealkylation sites (tertiary alicyclic amines) is 1. The van der Waals surface area contributed by atoms with Crippen LogP contribution in [0, 0.1) is 0 Å². The SMILES string of the molecule is CCN(CC)C(=O)N1CCN(c2ccc3c(c2)CCC2(CCN(C4CCC4)CC2)O3)CC1. The summed E-state index contributed by atoms with van der Waals surface area (Å²) in [4.78, 5) is 21.7. The molecule has 6 nitrogen and oxygen atoms in total. The van der Waals surface area contributed by atoms with Crippen molar-refractivity contribution in [1.29, 1.82) is 0 Å². The predicted molar refractivity (Wildman–Crippen MR) is 129 cm³/mol. The first-order chi connectivity index (χ1) is 15.6. The number of rotatable bonds is 4. The number of aryl methyl sites for hydroxylation is 1. The topological polar surface area (TPSA) is 39.3 Å². The van der Waals surface area contributed by atoms with Crippen LogP contribution in [-0.4, -0.2) is 84.7 Å². The van der Waals surface area contributed by atoms with E-state index in [-0.39, 0.29) is 11.6 Å². The second-order valence-electron chi connectivity index (χ2n) is 10.1. The van der Waals surface area contributed by atoms with Crippen molar-refractivity contribution in [2.45, 2.75) is 70.4 Å². The molecule has 1 aromatic rings. The van der Waals surface area contributed by atoms with Crippen LogP contribution in [0.1, 0.15) is 57.9 Å². The Morgan fingerprint density at radius 2 is 1.75 bits per heavy atom. The summed E-state index contributed by atoms with van der Waals surface area (Å²) in [5.41, 5.74) is 2.69. The number of benzene rings is 1. The maximum absolute atomic E-state index is 12.6. The van der Waals surface area contributed by atoms with Crippen LogP contribution in [0.15, 0.2) is 18.2 Å². The molecule has 1 aliphatic carbocycles. The zero-order valence-corrected chi connectivity index (χ0v) is 20.0. The molecule has 3 aliphatic heterocycles. The summed E-state index contributed by atoms with van der Waals surface area (Å²) in [6.07, 6.45) is 8.83. The molecule has 6 heteroatoms. The number of carbonyl (C=O) groups excluding carboxylic acids is 1. The third-order valence-corrected chi connectivity index (χ3v) is 8.47. The third-order valence-electron chi connectivity index (χ3n) is 8.47. The monoisotopic (exact) mass is 440 g/mol. The molecular formula is C26H40N4O2. The van der Waals surface area contributed by atoms with Crippen molar-refractivity contribution >= 4 is 11.7 Å². The fourth-order valence-electron chi connectivity index (χ4n) is 5.95. The van der Waals surface area contributed by atoms with E-state index in [1.165, 1.54) is 56.4 Å². The molecule has 0 atom stereocenters. The van der Waals surface area contributed by atoms with E-state index >= 15 is 0 Å². The van der Waals surface area contributed by atoms with Crippen LogP contribution in [0.2, 0.25) is 0 Å². The van der Waals surface area contributed by atoms with Gasteiger partial charge in [-0.3, -0.25) is 0 Å². The highest BCUT2D eigenvalue weighted by molar-refractivity contribution is 5.74. The summed E-state index contributed by atoms with van der Waals surface area (Å²) in [5, 5.41) is 0. The lowest BCUT2D eigenvalue weighted by molar-refractivity contribution is -0.0336. The van der Waals surface area contributed by atoms with Crippen molar-refractivity contribution in [3.05, 3.63) is 23.8 Å². The number of anilines is 1. The van der Waals surface area contributed by atoms with Gasteiger partial charge in [-0.2, -0.15) is 0 Å². The minimum atomic E-state index is 0.0607. The third kappa shape index (κ3) is 4.18. The van der Waals surface area contributed by atoms with Crippen LogP contribution < -0.4 is 9.64 Å². The molecule has 176 valence electrons. The van der Waals surface area contributed by atoms with Gasteiger partial charge >= 0.3 is 6.03 Å². The smallest absolute Gasteiger partial charge is 0.320 e. The summed E-state index contributed by atoms with van der Waals surface area (Å²) >= 11 is 0. The molecule has 0 bridgehead atoms. The second-order valence-corrected chi connectivity index (χ2v) is 10.1. The highest BCUT2D eigenvalue weighted by Gasteiger charge is 2.41. The Hall–Kier alpha value is -1.95. The van der Waals surface area contributed by atoms with E-state index in [1.807, 2.05) is 9.80 Å². The molecule has 1 spiro atoms. The van der Waals surface area contributed by atoms with Crippen molar-refractivity contribution in [3.8, 4) is 5.75 Å². The van der Waals surface area contributed by atoms with E-state index in [1.54, 1.807) is 0 Å². The minimum Gasteiger partial charge on any atom is -0.487 e. The van der Waals surface area contributed by atoms with Crippen LogP contribution >= 0.6 is 0 Å². The fraction of sp³-hybridized carbons (Fsp3) is 0.731. The number of piperidine rings is 1. The number of carbonyl (C=O) groups is 1. The fourth-order valence-corrected chi connectivity index (χ4v) is 5.95. The summed E-state index contributed by atoms with van der Waals surface area (Å²) in [5.74, 6) is 1.10. The Bertz CT molecular complexity index is 804.